The van der Waals surface area contributed by atoms with E-state index >= 15 is 0 Å². The quantitative estimate of drug-likeness (QED) is 0.335. The predicted octanol–water partition coefficient (Wildman–Crippen LogP) is 4.93. The van der Waals surface area contributed by atoms with Gasteiger partial charge in [0.25, 0.3) is 0 Å². The van der Waals surface area contributed by atoms with Gasteiger partial charge in [0.05, 0.1) is 18.5 Å². The molecule has 5 rings (SSSR count). The number of anilines is 1. The fourth-order valence-corrected chi connectivity index (χ4v) is 4.78. The summed E-state index contributed by atoms with van der Waals surface area (Å²) in [4.78, 5) is 18.1. The summed E-state index contributed by atoms with van der Waals surface area (Å²) in [5.41, 5.74) is 5.31. The zero-order chi connectivity index (χ0) is 26.5. The van der Waals surface area contributed by atoms with Crippen molar-refractivity contribution < 1.29 is 9.13 Å². The fraction of sp³-hybridized carbons (Fsp3) is 0.290. The predicted molar refractivity (Wildman–Crippen MR) is 149 cm³/mol. The maximum Gasteiger partial charge on any atom is 0.316 e. The molecule has 1 aliphatic rings. The minimum Gasteiger partial charge on any atom is -0.486 e. The van der Waals surface area contributed by atoms with Crippen molar-refractivity contribution in [3.63, 3.8) is 0 Å². The van der Waals surface area contributed by atoms with Crippen molar-refractivity contribution in [3.8, 4) is 11.4 Å². The largest absolute Gasteiger partial charge is 0.486 e. The number of rotatable bonds is 8. The molecule has 1 saturated heterocycles. The standard InChI is InChI=1S/C31H33FN4O2/c1-23-8-10-25(11-9-23)14-19-38-30-29(21-33-36(31(30)37)27-6-4-3-5-7-27)35-17-15-34(16-18-35)22-26-12-13-28(32)24(2)20-26/h3-13,20-21H,14-19,22H2,1-2H3. The maximum absolute atomic E-state index is 13.7. The van der Waals surface area contributed by atoms with Gasteiger partial charge < -0.3 is 9.64 Å². The number of aromatic nitrogens is 2. The number of benzene rings is 3. The highest BCUT2D eigenvalue weighted by atomic mass is 19.1. The Morgan fingerprint density at radius 2 is 1.61 bits per heavy atom. The molecule has 1 aliphatic heterocycles. The molecule has 0 radical (unpaired) electrons. The normalized spacial score (nSPS) is 14.0. The number of ether oxygens (including phenoxy) is 1. The molecular weight excluding hydrogens is 479 g/mol. The van der Waals surface area contributed by atoms with Crippen LogP contribution in [-0.4, -0.2) is 47.5 Å². The monoisotopic (exact) mass is 512 g/mol. The number of piperazine rings is 1. The SMILES string of the molecule is Cc1ccc(CCOc2c(N3CCN(Cc4ccc(F)c(C)c4)CC3)cnn(-c3ccccc3)c2=O)cc1. The molecule has 196 valence electrons. The highest BCUT2D eigenvalue weighted by Gasteiger charge is 2.23. The third-order valence-corrected chi connectivity index (χ3v) is 7.01. The average Bonchev–Trinajstić information content (AvgIpc) is 2.94. The van der Waals surface area contributed by atoms with Crippen molar-refractivity contribution in [3.05, 3.63) is 117 Å². The Labute approximate surface area is 222 Å². The van der Waals surface area contributed by atoms with Crippen molar-refractivity contribution in [2.24, 2.45) is 0 Å². The van der Waals surface area contributed by atoms with Crippen molar-refractivity contribution in [2.45, 2.75) is 26.8 Å². The highest BCUT2D eigenvalue weighted by Crippen LogP contribution is 2.26. The zero-order valence-electron chi connectivity index (χ0n) is 21.9. The molecule has 0 saturated carbocycles. The first-order valence-electron chi connectivity index (χ1n) is 13.1. The summed E-state index contributed by atoms with van der Waals surface area (Å²) < 4.78 is 21.3. The Morgan fingerprint density at radius 3 is 2.32 bits per heavy atom. The van der Waals surface area contributed by atoms with Crippen molar-refractivity contribution in [1.29, 1.82) is 0 Å². The van der Waals surface area contributed by atoms with Crippen LogP contribution >= 0.6 is 0 Å². The van der Waals surface area contributed by atoms with Crippen LogP contribution in [0.1, 0.15) is 22.3 Å². The molecule has 0 N–H and O–H groups in total. The van der Waals surface area contributed by atoms with E-state index in [0.717, 1.165) is 44.0 Å². The van der Waals surface area contributed by atoms with Gasteiger partial charge in [-0.25, -0.2) is 4.39 Å². The fourth-order valence-electron chi connectivity index (χ4n) is 4.78. The maximum atomic E-state index is 13.7. The summed E-state index contributed by atoms with van der Waals surface area (Å²) in [6.07, 6.45) is 2.45. The second-order valence-corrected chi connectivity index (χ2v) is 9.84. The number of hydrogen-bond donors (Lipinski definition) is 0. The number of aryl methyl sites for hydroxylation is 2. The summed E-state index contributed by atoms with van der Waals surface area (Å²) in [6.45, 7) is 8.15. The van der Waals surface area contributed by atoms with Crippen LogP contribution in [0.2, 0.25) is 0 Å². The summed E-state index contributed by atoms with van der Waals surface area (Å²) in [5, 5.41) is 4.50. The lowest BCUT2D eigenvalue weighted by Gasteiger charge is -2.36. The topological polar surface area (TPSA) is 50.6 Å². The molecule has 0 amide bonds. The van der Waals surface area contributed by atoms with Gasteiger partial charge >= 0.3 is 5.56 Å². The van der Waals surface area contributed by atoms with E-state index in [1.165, 1.54) is 21.9 Å². The molecule has 0 atom stereocenters. The minimum absolute atomic E-state index is 0.175. The molecule has 0 aliphatic carbocycles. The van der Waals surface area contributed by atoms with Crippen LogP contribution < -0.4 is 15.2 Å². The van der Waals surface area contributed by atoms with E-state index in [0.29, 0.717) is 30.0 Å². The molecule has 0 unspecified atom stereocenters. The van der Waals surface area contributed by atoms with Gasteiger partial charge in [-0.3, -0.25) is 9.69 Å². The van der Waals surface area contributed by atoms with Gasteiger partial charge in [-0.05, 0) is 48.7 Å². The molecule has 2 heterocycles. The Balaban J connectivity index is 1.33. The molecular formula is C31H33FN4O2. The molecule has 1 fully saturated rings. The lowest BCUT2D eigenvalue weighted by atomic mass is 10.1. The van der Waals surface area contributed by atoms with Crippen LogP contribution in [0.4, 0.5) is 10.1 Å². The summed E-state index contributed by atoms with van der Waals surface area (Å²) in [5.74, 6) is 0.157. The number of para-hydroxylation sites is 1. The molecule has 0 spiro atoms. The minimum atomic E-state index is -0.262. The summed E-state index contributed by atoms with van der Waals surface area (Å²) in [6, 6.07) is 23.1. The van der Waals surface area contributed by atoms with Gasteiger partial charge in [0.2, 0.25) is 5.75 Å². The van der Waals surface area contributed by atoms with Gasteiger partial charge in [-0.15, -0.1) is 0 Å². The first-order chi connectivity index (χ1) is 18.5. The molecule has 7 heteroatoms. The van der Waals surface area contributed by atoms with Crippen LogP contribution in [0.15, 0.2) is 83.8 Å². The lowest BCUT2D eigenvalue weighted by Crippen LogP contribution is -2.46. The number of hydrogen-bond acceptors (Lipinski definition) is 5. The summed E-state index contributed by atoms with van der Waals surface area (Å²) >= 11 is 0. The van der Waals surface area contributed by atoms with Crippen molar-refractivity contribution in [2.75, 3.05) is 37.7 Å². The van der Waals surface area contributed by atoms with Crippen LogP contribution in [0.3, 0.4) is 0 Å². The second kappa shape index (κ2) is 11.6. The number of halogens is 1. The molecule has 6 nitrogen and oxygen atoms in total. The number of nitrogens with zero attached hydrogens (tertiary/aromatic N) is 4. The van der Waals surface area contributed by atoms with Gasteiger partial charge in [0, 0.05) is 39.1 Å². The van der Waals surface area contributed by atoms with Gasteiger partial charge in [0.15, 0.2) is 0 Å². The van der Waals surface area contributed by atoms with E-state index in [1.807, 2.05) is 42.5 Å². The Morgan fingerprint density at radius 1 is 0.895 bits per heavy atom. The third kappa shape index (κ3) is 5.94. The van der Waals surface area contributed by atoms with Crippen LogP contribution in [0, 0.1) is 19.7 Å². The zero-order valence-corrected chi connectivity index (χ0v) is 21.9. The first-order valence-corrected chi connectivity index (χ1v) is 13.1. The smallest absolute Gasteiger partial charge is 0.316 e. The molecule has 0 bridgehead atoms. The Bertz CT molecular complexity index is 1430. The van der Waals surface area contributed by atoms with E-state index in [-0.39, 0.29) is 11.4 Å². The highest BCUT2D eigenvalue weighted by molar-refractivity contribution is 5.57. The van der Waals surface area contributed by atoms with Crippen molar-refractivity contribution >= 4 is 5.69 Å². The van der Waals surface area contributed by atoms with E-state index in [1.54, 1.807) is 13.1 Å². The Kier molecular flexibility index (Phi) is 7.84. The van der Waals surface area contributed by atoms with E-state index in [4.69, 9.17) is 4.74 Å². The third-order valence-electron chi connectivity index (χ3n) is 7.01. The van der Waals surface area contributed by atoms with Crippen LogP contribution in [0.25, 0.3) is 5.69 Å². The first kappa shape index (κ1) is 25.7. The molecule has 3 aromatic carbocycles. The lowest BCUT2D eigenvalue weighted by molar-refractivity contribution is 0.247. The molecule has 4 aromatic rings. The van der Waals surface area contributed by atoms with Gasteiger partial charge in [-0.2, -0.15) is 9.78 Å². The van der Waals surface area contributed by atoms with E-state index in [2.05, 4.69) is 46.1 Å². The molecule has 38 heavy (non-hydrogen) atoms. The van der Waals surface area contributed by atoms with E-state index in [9.17, 15) is 9.18 Å². The van der Waals surface area contributed by atoms with Gasteiger partial charge in [0.1, 0.15) is 11.5 Å². The van der Waals surface area contributed by atoms with E-state index < -0.39 is 0 Å². The van der Waals surface area contributed by atoms with Gasteiger partial charge in [-0.1, -0.05) is 60.2 Å². The van der Waals surface area contributed by atoms with Crippen LogP contribution in [0.5, 0.6) is 5.75 Å². The molecule has 1 aromatic heterocycles. The van der Waals surface area contributed by atoms with Crippen LogP contribution in [-0.2, 0) is 13.0 Å². The second-order valence-electron chi connectivity index (χ2n) is 9.84. The average molecular weight is 513 g/mol. The Hall–Kier alpha value is -3.97. The van der Waals surface area contributed by atoms with Crippen molar-refractivity contribution in [1.82, 2.24) is 14.7 Å². The summed E-state index contributed by atoms with van der Waals surface area (Å²) in [7, 11) is 0.